The maximum absolute atomic E-state index is 11.3. The van der Waals surface area contributed by atoms with Gasteiger partial charge in [0.2, 0.25) is 5.91 Å². The zero-order chi connectivity index (χ0) is 9.84. The third-order valence-electron chi connectivity index (χ3n) is 2.30. The standard InChI is InChI=1S/C7H16BN3O2/c1-8(13)11-4-3-10-6(5-11)7(12)9-2/h6,10,13H,3-5H2,1-2H3,(H,9,12). The van der Waals surface area contributed by atoms with Gasteiger partial charge in [-0.25, -0.2) is 0 Å². The molecule has 1 aliphatic rings. The van der Waals surface area contributed by atoms with Crippen molar-refractivity contribution in [3.05, 3.63) is 0 Å². The Labute approximate surface area is 78.6 Å². The van der Waals surface area contributed by atoms with E-state index in [9.17, 15) is 9.82 Å². The molecule has 13 heavy (non-hydrogen) atoms. The van der Waals surface area contributed by atoms with Crippen molar-refractivity contribution in [3.63, 3.8) is 0 Å². The van der Waals surface area contributed by atoms with E-state index in [1.165, 1.54) is 0 Å². The predicted molar refractivity (Wildman–Crippen MR) is 51.3 cm³/mol. The average Bonchev–Trinajstić information content (AvgIpc) is 2.17. The van der Waals surface area contributed by atoms with Gasteiger partial charge in [-0.15, -0.1) is 0 Å². The lowest BCUT2D eigenvalue weighted by atomic mass is 9.83. The summed E-state index contributed by atoms with van der Waals surface area (Å²) in [7, 11) is 1.14. The number of hydrogen-bond donors (Lipinski definition) is 3. The van der Waals surface area contributed by atoms with Crippen molar-refractivity contribution in [2.24, 2.45) is 0 Å². The first-order chi connectivity index (χ1) is 6.15. The van der Waals surface area contributed by atoms with Crippen molar-refractivity contribution in [2.75, 3.05) is 26.7 Å². The Morgan fingerprint density at radius 3 is 3.00 bits per heavy atom. The Kier molecular flexibility index (Phi) is 3.71. The highest BCUT2D eigenvalue weighted by molar-refractivity contribution is 6.45. The Hall–Kier alpha value is -0.585. The third-order valence-corrected chi connectivity index (χ3v) is 2.30. The summed E-state index contributed by atoms with van der Waals surface area (Å²) in [5.41, 5.74) is 0. The monoisotopic (exact) mass is 185 g/mol. The molecule has 1 aliphatic heterocycles. The Balaban J connectivity index is 2.46. The third kappa shape index (κ3) is 2.68. The van der Waals surface area contributed by atoms with Gasteiger partial charge in [-0.3, -0.25) is 4.79 Å². The van der Waals surface area contributed by atoms with Gasteiger partial charge in [0.15, 0.2) is 0 Å². The van der Waals surface area contributed by atoms with E-state index in [0.29, 0.717) is 6.54 Å². The van der Waals surface area contributed by atoms with Gasteiger partial charge in [-0.1, -0.05) is 0 Å². The van der Waals surface area contributed by atoms with Crippen molar-refractivity contribution < 1.29 is 9.82 Å². The molecule has 0 aromatic carbocycles. The Morgan fingerprint density at radius 2 is 2.46 bits per heavy atom. The van der Waals surface area contributed by atoms with Gasteiger partial charge in [0, 0.05) is 26.7 Å². The van der Waals surface area contributed by atoms with Crippen molar-refractivity contribution in [3.8, 4) is 0 Å². The molecule has 0 radical (unpaired) electrons. The highest BCUT2D eigenvalue weighted by atomic mass is 16.2. The van der Waals surface area contributed by atoms with Gasteiger partial charge < -0.3 is 20.5 Å². The normalized spacial score (nSPS) is 24.1. The molecule has 0 spiro atoms. The minimum atomic E-state index is -0.478. The van der Waals surface area contributed by atoms with Gasteiger partial charge >= 0.3 is 7.05 Å². The number of rotatable bonds is 2. The van der Waals surface area contributed by atoms with Crippen LogP contribution in [0.15, 0.2) is 0 Å². The predicted octanol–water partition coefficient (Wildman–Crippen LogP) is -1.88. The summed E-state index contributed by atoms with van der Waals surface area (Å²) >= 11 is 0. The first-order valence-electron chi connectivity index (χ1n) is 4.52. The maximum atomic E-state index is 11.3. The van der Waals surface area contributed by atoms with E-state index < -0.39 is 7.05 Å². The molecule has 5 nitrogen and oxygen atoms in total. The number of nitrogens with zero attached hydrogens (tertiary/aromatic N) is 1. The second kappa shape index (κ2) is 4.60. The fourth-order valence-corrected chi connectivity index (χ4v) is 1.46. The first kappa shape index (κ1) is 10.5. The van der Waals surface area contributed by atoms with Crippen LogP contribution in [0.3, 0.4) is 0 Å². The molecule has 1 rings (SSSR count). The number of hydrogen-bond acceptors (Lipinski definition) is 4. The maximum Gasteiger partial charge on any atom is 0.376 e. The summed E-state index contributed by atoms with van der Waals surface area (Å²) in [6.45, 7) is 3.80. The fraction of sp³-hybridized carbons (Fsp3) is 0.857. The lowest BCUT2D eigenvalue weighted by molar-refractivity contribution is -0.123. The number of likely N-dealkylation sites (N-methyl/N-ethyl adjacent to an activating group) is 1. The molecule has 0 bridgehead atoms. The minimum absolute atomic E-state index is 0.0228. The average molecular weight is 185 g/mol. The Morgan fingerprint density at radius 1 is 1.77 bits per heavy atom. The first-order valence-corrected chi connectivity index (χ1v) is 4.52. The van der Waals surface area contributed by atoms with Gasteiger partial charge in [0.05, 0.1) is 6.04 Å². The molecule has 0 aromatic heterocycles. The van der Waals surface area contributed by atoms with Crippen LogP contribution in [-0.2, 0) is 4.79 Å². The van der Waals surface area contributed by atoms with Crippen molar-refractivity contribution in [2.45, 2.75) is 12.9 Å². The zero-order valence-electron chi connectivity index (χ0n) is 8.08. The minimum Gasteiger partial charge on any atom is -0.437 e. The van der Waals surface area contributed by atoms with E-state index >= 15 is 0 Å². The summed E-state index contributed by atoms with van der Waals surface area (Å²) in [6, 6.07) is -0.201. The van der Waals surface area contributed by atoms with Crippen molar-refractivity contribution in [1.82, 2.24) is 15.4 Å². The summed E-state index contributed by atoms with van der Waals surface area (Å²) in [6.07, 6.45) is 0. The molecule has 0 aliphatic carbocycles. The van der Waals surface area contributed by atoms with Crippen LogP contribution in [0.2, 0.25) is 6.82 Å². The highest BCUT2D eigenvalue weighted by Gasteiger charge is 2.27. The van der Waals surface area contributed by atoms with Crippen LogP contribution in [0.25, 0.3) is 0 Å². The van der Waals surface area contributed by atoms with E-state index in [4.69, 9.17) is 0 Å². The van der Waals surface area contributed by atoms with Crippen LogP contribution in [0, 0.1) is 0 Å². The molecule has 0 aromatic rings. The summed E-state index contributed by atoms with van der Waals surface area (Å²) in [5.74, 6) is -0.0228. The molecule has 74 valence electrons. The molecule has 1 atom stereocenters. The molecule has 1 saturated heterocycles. The van der Waals surface area contributed by atoms with Crippen LogP contribution in [0.4, 0.5) is 0 Å². The lowest BCUT2D eigenvalue weighted by Gasteiger charge is -2.33. The summed E-state index contributed by atoms with van der Waals surface area (Å²) < 4.78 is 0. The number of carbonyl (C=O) groups excluding carboxylic acids is 1. The van der Waals surface area contributed by atoms with Gasteiger partial charge in [-0.05, 0) is 6.82 Å². The van der Waals surface area contributed by atoms with Crippen LogP contribution < -0.4 is 10.6 Å². The second-order valence-electron chi connectivity index (χ2n) is 3.25. The van der Waals surface area contributed by atoms with Crippen LogP contribution in [0.5, 0.6) is 0 Å². The SMILES string of the molecule is CNC(=O)C1CN(B(C)O)CCN1. The van der Waals surface area contributed by atoms with Crippen LogP contribution in [0.1, 0.15) is 0 Å². The van der Waals surface area contributed by atoms with Crippen molar-refractivity contribution >= 4 is 13.0 Å². The molecule has 1 amide bonds. The molecule has 0 saturated carbocycles. The Bertz CT molecular complexity index is 189. The topological polar surface area (TPSA) is 64.6 Å². The molecular weight excluding hydrogens is 169 g/mol. The fourth-order valence-electron chi connectivity index (χ4n) is 1.46. The zero-order valence-corrected chi connectivity index (χ0v) is 8.08. The van der Waals surface area contributed by atoms with Crippen molar-refractivity contribution in [1.29, 1.82) is 0 Å². The molecule has 1 fully saturated rings. The highest BCUT2D eigenvalue weighted by Crippen LogP contribution is 2.00. The molecule has 1 unspecified atom stereocenters. The number of carbonyl (C=O) groups is 1. The van der Waals surface area contributed by atoms with E-state index in [1.807, 2.05) is 4.81 Å². The summed E-state index contributed by atoms with van der Waals surface area (Å²) in [5, 5.41) is 15.0. The lowest BCUT2D eigenvalue weighted by Crippen LogP contribution is -2.59. The van der Waals surface area contributed by atoms with Gasteiger partial charge in [-0.2, -0.15) is 0 Å². The largest absolute Gasteiger partial charge is 0.437 e. The van der Waals surface area contributed by atoms with Crippen LogP contribution in [-0.4, -0.2) is 55.5 Å². The number of piperazine rings is 1. The van der Waals surface area contributed by atoms with E-state index in [2.05, 4.69) is 10.6 Å². The quantitative estimate of drug-likeness (QED) is 0.440. The molecule has 6 heteroatoms. The van der Waals surface area contributed by atoms with Gasteiger partial charge in [0.25, 0.3) is 0 Å². The smallest absolute Gasteiger partial charge is 0.376 e. The molecular formula is C7H16BN3O2. The van der Waals surface area contributed by atoms with Crippen LogP contribution >= 0.6 is 0 Å². The van der Waals surface area contributed by atoms with Gasteiger partial charge in [0.1, 0.15) is 0 Å². The molecule has 3 N–H and O–H groups in total. The van der Waals surface area contributed by atoms with E-state index in [0.717, 1.165) is 13.1 Å². The molecule has 1 heterocycles. The number of nitrogens with one attached hydrogen (secondary N) is 2. The second-order valence-corrected chi connectivity index (χ2v) is 3.25. The van der Waals surface area contributed by atoms with E-state index in [1.54, 1.807) is 13.9 Å². The van der Waals surface area contributed by atoms with E-state index in [-0.39, 0.29) is 11.9 Å². The number of amides is 1. The summed E-state index contributed by atoms with van der Waals surface area (Å²) in [4.78, 5) is 13.1.